The van der Waals surface area contributed by atoms with E-state index in [2.05, 4.69) is 34.5 Å². The summed E-state index contributed by atoms with van der Waals surface area (Å²) in [5.41, 5.74) is 6.98. The predicted molar refractivity (Wildman–Crippen MR) is 335 cm³/mol. The van der Waals surface area contributed by atoms with Crippen LogP contribution in [0.2, 0.25) is 0 Å². The molecule has 0 radical (unpaired) electrons. The molecule has 0 spiro atoms. The number of Topliss-reactive ketones (excluding diaryl/α,β-unsaturated/α-hetero) is 1. The number of methoxy groups -OCH3 is 5. The number of hydrogen-bond donors (Lipinski definition) is 8. The Labute approximate surface area is 544 Å². The monoisotopic (exact) mass is 1420 g/mol. The lowest BCUT2D eigenvalue weighted by molar-refractivity contribution is -0.336. The zero-order chi connectivity index (χ0) is 65.2. The van der Waals surface area contributed by atoms with Crippen LogP contribution in [0.15, 0.2) is 34.9 Å². The third kappa shape index (κ3) is 17.4. The summed E-state index contributed by atoms with van der Waals surface area (Å²) in [7, 11) is 9.56. The SMILES string of the molecule is CCN[C@H]1CO[C@@H](O[C@H]2[C@H](O[C@H]3C#C/C=C\C#C[C@]4(O)CC(=O)C(CC(=O)OC)=C3/C4=C\CSSC(C)(C)CC(N)=O)O[C@H](C)[C@@H](NO[C@H]3C[C@H](O)[C@H](SC(=O)c4c(C)c(I)c(O[C@@H]5O[C@@H](C)[C@H](O)[C@@H](OC)[C@H]5O)c(OC)c4OC)[C@@H](C)O3)[C@@H]2O)C[C@@H]1OC. The fourth-order valence-electron chi connectivity index (χ4n) is 11.3. The molecule has 0 aromatic heterocycles. The van der Waals surface area contributed by atoms with Crippen molar-refractivity contribution in [2.75, 3.05) is 54.5 Å². The Hall–Kier alpha value is -3.62. The highest BCUT2D eigenvalue weighted by molar-refractivity contribution is 14.1. The van der Waals surface area contributed by atoms with Crippen LogP contribution in [0.25, 0.3) is 0 Å². The van der Waals surface area contributed by atoms with E-state index < -0.39 is 143 Å². The van der Waals surface area contributed by atoms with Gasteiger partial charge in [0.25, 0.3) is 0 Å². The number of aliphatic hydroxyl groups is 5. The van der Waals surface area contributed by atoms with Gasteiger partial charge in [0.15, 0.2) is 41.8 Å². The van der Waals surface area contributed by atoms with Gasteiger partial charge in [-0.25, -0.2) is 0 Å². The highest BCUT2D eigenvalue weighted by atomic mass is 127. The molecule has 4 fully saturated rings. The number of aliphatic hydroxyl groups excluding tert-OH is 4. The summed E-state index contributed by atoms with van der Waals surface area (Å²) in [6, 6.07) is -1.31. The highest BCUT2D eigenvalue weighted by Gasteiger charge is 2.52. The molecule has 7 rings (SSSR count). The number of nitrogens with two attached hydrogens (primary N) is 1. The number of amides is 1. The van der Waals surface area contributed by atoms with Crippen molar-refractivity contribution in [1.82, 2.24) is 10.8 Å². The van der Waals surface area contributed by atoms with Crippen LogP contribution >= 0.6 is 55.9 Å². The zero-order valence-electron chi connectivity index (χ0n) is 51.6. The van der Waals surface area contributed by atoms with E-state index in [4.69, 9.17) is 67.4 Å². The Bertz CT molecular complexity index is 2920. The van der Waals surface area contributed by atoms with E-state index in [1.807, 2.05) is 43.4 Å². The molecule has 4 aliphatic heterocycles. The van der Waals surface area contributed by atoms with Gasteiger partial charge in [-0.15, -0.1) is 0 Å². The normalized spacial score (nSPS) is 34.8. The lowest BCUT2D eigenvalue weighted by atomic mass is 9.72. The molecule has 29 heteroatoms. The minimum Gasteiger partial charge on any atom is -0.492 e. The number of nitrogens with one attached hydrogen (secondary N) is 2. The first-order valence-electron chi connectivity index (χ1n) is 28.9. The standard InChI is InChI=1S/C60H82IN3O22S3/c1-13-63-34-27-79-41(24-38(34)74-8)84-53-48(70)46(29(3)81-58(53)83-37-18-16-14-15-17-20-60(73)25-36(66)32(22-40(68)75-9)44(37)33(60)19-21-87-89-59(6,7)26-39(62)67)64-86-42-23-35(65)55(31(5)80-42)88-56(72)43-28(2)45(61)51(54(78-12)50(43)76-10)85-57-49(71)52(77-11)47(69)30(4)82-57/h14-15,19,29-31,34-35,37-38,41-42,46-49,52-53,55,57-58,63-65,69-71,73H,13,21-27H2,1-12H3,(H2,62,67)/b15-14-,33-19+/t29-,30+,31-,34+,35+,37+,38+,41+,42+,46-,47+,48+,49-,52-,53-,55-,57+,58+,60+/m1/s1. The van der Waals surface area contributed by atoms with E-state index in [0.717, 1.165) is 11.8 Å². The van der Waals surface area contributed by atoms with E-state index in [1.54, 1.807) is 40.9 Å². The number of hydroxylamine groups is 1. The molecule has 2 bridgehead atoms. The van der Waals surface area contributed by atoms with E-state index in [0.29, 0.717) is 15.7 Å². The van der Waals surface area contributed by atoms with E-state index in [9.17, 15) is 44.7 Å². The number of ketones is 1. The van der Waals surface area contributed by atoms with Crippen molar-refractivity contribution in [3.63, 3.8) is 0 Å². The largest absolute Gasteiger partial charge is 0.492 e. The van der Waals surface area contributed by atoms with Crippen LogP contribution in [0.4, 0.5) is 0 Å². The first-order chi connectivity index (χ1) is 42.2. The maximum Gasteiger partial charge on any atom is 0.310 e. The minimum absolute atomic E-state index is 0.0189. The molecule has 6 aliphatic rings. The molecule has 2 aliphatic carbocycles. The van der Waals surface area contributed by atoms with Crippen LogP contribution in [0.5, 0.6) is 17.2 Å². The lowest BCUT2D eigenvalue weighted by Gasteiger charge is -2.46. The van der Waals surface area contributed by atoms with Gasteiger partial charge in [-0.05, 0) is 88.4 Å². The quantitative estimate of drug-likeness (QED) is 0.0174. The summed E-state index contributed by atoms with van der Waals surface area (Å²) in [6.45, 7) is 13.1. The van der Waals surface area contributed by atoms with Crippen molar-refractivity contribution in [3.05, 3.63) is 49.6 Å². The third-order valence-electron chi connectivity index (χ3n) is 15.8. The maximum absolute atomic E-state index is 14.5. The van der Waals surface area contributed by atoms with Crippen molar-refractivity contribution in [1.29, 1.82) is 0 Å². The van der Waals surface area contributed by atoms with Crippen molar-refractivity contribution >= 4 is 78.7 Å². The van der Waals surface area contributed by atoms with Crippen molar-refractivity contribution in [2.24, 2.45) is 5.73 Å². The second-order valence-corrected chi connectivity index (χ2v) is 27.8. The van der Waals surface area contributed by atoms with Gasteiger partial charge in [0.05, 0.1) is 97.8 Å². The number of benzene rings is 1. The number of esters is 1. The molecule has 19 atom stereocenters. The number of carbonyl (C=O) groups is 4. The average molecular weight is 1420 g/mol. The Morgan fingerprint density at radius 1 is 0.888 bits per heavy atom. The van der Waals surface area contributed by atoms with E-state index in [1.165, 1.54) is 62.2 Å². The van der Waals surface area contributed by atoms with Gasteiger partial charge in [0.2, 0.25) is 23.1 Å². The van der Waals surface area contributed by atoms with Crippen molar-refractivity contribution in [2.45, 2.75) is 201 Å². The first-order valence-corrected chi connectivity index (χ1v) is 33.2. The minimum atomic E-state index is -2.11. The molecular formula is C60H82IN3O22S3. The summed E-state index contributed by atoms with van der Waals surface area (Å²) in [4.78, 5) is 59.9. The molecule has 89 heavy (non-hydrogen) atoms. The fraction of sp³-hybridized carbons (Fsp3) is 0.667. The number of halogens is 1. The van der Waals surface area contributed by atoms with Crippen LogP contribution in [0, 0.1) is 34.2 Å². The second-order valence-electron chi connectivity index (χ2n) is 22.6. The average Bonchev–Trinajstić information content (AvgIpc) is 0.821. The summed E-state index contributed by atoms with van der Waals surface area (Å²) >= 11 is 2.81. The first kappa shape index (κ1) is 72.8. The van der Waals surface area contributed by atoms with Crippen LogP contribution in [-0.2, 0) is 61.9 Å². The number of ether oxygens (including phenoxy) is 12. The van der Waals surface area contributed by atoms with E-state index in [-0.39, 0.29) is 83.3 Å². The molecule has 1 amide bonds. The number of rotatable bonds is 25. The van der Waals surface area contributed by atoms with Crippen LogP contribution in [-0.4, -0.2) is 223 Å². The summed E-state index contributed by atoms with van der Waals surface area (Å²) in [5, 5.41) is 60.5. The highest BCUT2D eigenvalue weighted by Crippen LogP contribution is 2.49. The Morgan fingerprint density at radius 2 is 1.60 bits per heavy atom. The number of fused-ring (bicyclic) bond motifs is 2. The summed E-state index contributed by atoms with van der Waals surface area (Å²) < 4.78 is 72.3. The Morgan fingerprint density at radius 3 is 2.25 bits per heavy atom. The van der Waals surface area contributed by atoms with Crippen LogP contribution in [0.3, 0.4) is 0 Å². The van der Waals surface area contributed by atoms with Gasteiger partial charge >= 0.3 is 5.97 Å². The van der Waals surface area contributed by atoms with Crippen molar-refractivity contribution < 1.29 is 106 Å². The molecular weight excluding hydrogens is 1340 g/mol. The number of primary amides is 1. The molecule has 1 aromatic carbocycles. The molecule has 9 N–H and O–H groups in total. The van der Waals surface area contributed by atoms with Crippen molar-refractivity contribution in [3.8, 4) is 40.9 Å². The van der Waals surface area contributed by atoms with Gasteiger partial charge in [0, 0.05) is 60.7 Å². The fourth-order valence-corrected chi connectivity index (χ4v) is 15.4. The molecule has 494 valence electrons. The molecule has 4 heterocycles. The molecule has 1 aromatic rings. The van der Waals surface area contributed by atoms with Gasteiger partial charge < -0.3 is 93.4 Å². The van der Waals surface area contributed by atoms with Gasteiger partial charge in [-0.1, -0.05) is 70.0 Å². The van der Waals surface area contributed by atoms with Crippen LogP contribution in [0.1, 0.15) is 89.6 Å². The van der Waals surface area contributed by atoms with Gasteiger partial charge in [-0.2, -0.15) is 5.48 Å². The number of thioether (sulfide) groups is 1. The lowest BCUT2D eigenvalue weighted by Crippen LogP contribution is -2.65. The van der Waals surface area contributed by atoms with Gasteiger partial charge in [0.1, 0.15) is 36.6 Å². The Balaban J connectivity index is 1.13. The summed E-state index contributed by atoms with van der Waals surface area (Å²) in [5.74, 6) is 10.1. The summed E-state index contributed by atoms with van der Waals surface area (Å²) in [6.07, 6.45) is -13.6. The smallest absolute Gasteiger partial charge is 0.310 e. The molecule has 4 saturated heterocycles. The van der Waals surface area contributed by atoms with Crippen LogP contribution < -0.4 is 30.7 Å². The number of likely N-dealkylation sites (N-methyl/N-ethyl adjacent to an activating group) is 1. The van der Waals surface area contributed by atoms with E-state index >= 15 is 0 Å². The zero-order valence-corrected chi connectivity index (χ0v) is 56.2. The predicted octanol–water partition coefficient (Wildman–Crippen LogP) is 2.82. The molecule has 0 saturated carbocycles. The topological polar surface area (TPSA) is 340 Å². The van der Waals surface area contributed by atoms with Gasteiger partial charge in [-0.3, -0.25) is 24.0 Å². The Kier molecular flexibility index (Phi) is 26.6. The number of allylic oxidation sites excluding steroid dienone is 2. The maximum atomic E-state index is 14.5. The number of carbonyl (C=O) groups excluding carboxylic acids is 4. The number of hydrogen-bond acceptors (Lipinski definition) is 27. The molecule has 25 nitrogen and oxygen atoms in total. The second kappa shape index (κ2) is 32.5. The molecule has 0 unspecified atom stereocenters. The third-order valence-corrected chi connectivity index (χ3v) is 21.6.